The second-order valence-corrected chi connectivity index (χ2v) is 8.96. The number of nitrogens with one attached hydrogen (secondary N) is 1. The minimum atomic E-state index is -0.0828. The first-order chi connectivity index (χ1) is 14.5. The van der Waals surface area contributed by atoms with E-state index in [-0.39, 0.29) is 5.91 Å². The maximum absolute atomic E-state index is 12.5. The van der Waals surface area contributed by atoms with Crippen LogP contribution in [-0.2, 0) is 0 Å². The molecular formula is C24H20Cl2N2OS. The van der Waals surface area contributed by atoms with Gasteiger partial charge in [0, 0.05) is 43.1 Å². The minimum Gasteiger partial charge on any atom is -0.352 e. The summed E-state index contributed by atoms with van der Waals surface area (Å²) in [5.74, 6) is -0.0828. The molecule has 1 aliphatic rings. The van der Waals surface area contributed by atoms with Crippen molar-refractivity contribution in [3.63, 3.8) is 0 Å². The lowest BCUT2D eigenvalue weighted by atomic mass is 10.0. The number of rotatable bonds is 5. The van der Waals surface area contributed by atoms with Crippen molar-refractivity contribution in [3.05, 3.63) is 87.4 Å². The highest BCUT2D eigenvalue weighted by atomic mass is 35.5. The van der Waals surface area contributed by atoms with E-state index in [1.165, 1.54) is 0 Å². The van der Waals surface area contributed by atoms with E-state index in [0.717, 1.165) is 45.2 Å². The SMILES string of the molecule is CCCCNC(=O)c1ccc2c(c1)N=C(c1cccc(Cl)c1)c1cc(Cl)ccc1S2. The molecule has 30 heavy (non-hydrogen) atoms. The van der Waals surface area contributed by atoms with E-state index < -0.39 is 0 Å². The third kappa shape index (κ3) is 4.56. The molecule has 0 atom stereocenters. The van der Waals surface area contributed by atoms with E-state index >= 15 is 0 Å². The zero-order valence-corrected chi connectivity index (χ0v) is 18.7. The molecule has 0 saturated heterocycles. The molecule has 0 bridgehead atoms. The highest BCUT2D eigenvalue weighted by Crippen LogP contribution is 2.42. The Hall–Kier alpha value is -2.27. The number of halogens is 2. The number of aliphatic imine (C=N–C) groups is 1. The molecule has 0 saturated carbocycles. The number of carbonyl (C=O) groups excluding carboxylic acids is 1. The fraction of sp³-hybridized carbons (Fsp3) is 0.167. The average molecular weight is 455 g/mol. The summed E-state index contributed by atoms with van der Waals surface area (Å²) in [6.45, 7) is 2.77. The molecule has 0 radical (unpaired) electrons. The van der Waals surface area contributed by atoms with Gasteiger partial charge in [0.05, 0.1) is 11.4 Å². The smallest absolute Gasteiger partial charge is 0.251 e. The number of fused-ring (bicyclic) bond motifs is 2. The number of carbonyl (C=O) groups is 1. The van der Waals surface area contributed by atoms with Gasteiger partial charge in [-0.15, -0.1) is 0 Å². The second kappa shape index (κ2) is 9.25. The van der Waals surface area contributed by atoms with Gasteiger partial charge in [-0.2, -0.15) is 0 Å². The molecule has 4 rings (SSSR count). The van der Waals surface area contributed by atoms with Crippen molar-refractivity contribution in [2.45, 2.75) is 29.6 Å². The fourth-order valence-corrected chi connectivity index (χ4v) is 4.59. The zero-order chi connectivity index (χ0) is 21.1. The highest BCUT2D eigenvalue weighted by molar-refractivity contribution is 7.99. The molecule has 1 heterocycles. The first kappa shape index (κ1) is 21.0. The van der Waals surface area contributed by atoms with E-state index in [1.54, 1.807) is 11.8 Å². The van der Waals surface area contributed by atoms with E-state index in [1.807, 2.05) is 60.7 Å². The first-order valence-electron chi connectivity index (χ1n) is 9.80. The van der Waals surface area contributed by atoms with Gasteiger partial charge in [0.2, 0.25) is 0 Å². The van der Waals surface area contributed by atoms with Crippen LogP contribution in [0.15, 0.2) is 75.4 Å². The quantitative estimate of drug-likeness (QED) is 0.325. The van der Waals surface area contributed by atoms with Gasteiger partial charge < -0.3 is 5.32 Å². The van der Waals surface area contributed by atoms with Gasteiger partial charge in [0.15, 0.2) is 0 Å². The molecule has 0 unspecified atom stereocenters. The van der Waals surface area contributed by atoms with Crippen molar-refractivity contribution in [2.24, 2.45) is 4.99 Å². The van der Waals surface area contributed by atoms with Crippen molar-refractivity contribution in [3.8, 4) is 0 Å². The average Bonchev–Trinajstić information content (AvgIpc) is 2.90. The molecule has 3 aromatic carbocycles. The molecule has 1 aliphatic heterocycles. The normalized spacial score (nSPS) is 12.4. The highest BCUT2D eigenvalue weighted by Gasteiger charge is 2.20. The molecular weight excluding hydrogens is 435 g/mol. The number of hydrogen-bond acceptors (Lipinski definition) is 3. The van der Waals surface area contributed by atoms with E-state index in [4.69, 9.17) is 28.2 Å². The number of amides is 1. The summed E-state index contributed by atoms with van der Waals surface area (Å²) in [4.78, 5) is 19.6. The van der Waals surface area contributed by atoms with Crippen molar-refractivity contribution in [1.29, 1.82) is 0 Å². The third-order valence-electron chi connectivity index (χ3n) is 4.78. The summed E-state index contributed by atoms with van der Waals surface area (Å²) in [7, 11) is 0. The Labute approximate surface area is 190 Å². The number of benzene rings is 3. The Morgan fingerprint density at radius 1 is 1.00 bits per heavy atom. The van der Waals surface area contributed by atoms with Gasteiger partial charge in [-0.05, 0) is 55.0 Å². The van der Waals surface area contributed by atoms with Crippen LogP contribution in [-0.4, -0.2) is 18.2 Å². The Bertz CT molecular complexity index is 1140. The Kier molecular flexibility index (Phi) is 6.47. The summed E-state index contributed by atoms with van der Waals surface area (Å²) in [5.41, 5.74) is 3.98. The summed E-state index contributed by atoms with van der Waals surface area (Å²) < 4.78 is 0. The first-order valence-corrected chi connectivity index (χ1v) is 11.4. The maximum Gasteiger partial charge on any atom is 0.251 e. The van der Waals surface area contributed by atoms with Crippen molar-refractivity contribution in [1.82, 2.24) is 5.32 Å². The van der Waals surface area contributed by atoms with Crippen LogP contribution in [0.2, 0.25) is 10.0 Å². The van der Waals surface area contributed by atoms with Crippen LogP contribution in [0.25, 0.3) is 0 Å². The molecule has 0 aliphatic carbocycles. The van der Waals surface area contributed by atoms with Gasteiger partial charge >= 0.3 is 0 Å². The Morgan fingerprint density at radius 3 is 2.60 bits per heavy atom. The second-order valence-electron chi connectivity index (χ2n) is 7.01. The molecule has 6 heteroatoms. The number of hydrogen-bond donors (Lipinski definition) is 1. The van der Waals surface area contributed by atoms with Gasteiger partial charge in [-0.25, -0.2) is 4.99 Å². The number of unbranched alkanes of at least 4 members (excludes halogenated alkanes) is 1. The standard InChI is InChI=1S/C24H20Cl2N2OS/c1-2-3-11-27-24(29)16-7-9-22-20(13-16)28-23(15-5-4-6-17(25)12-15)19-14-18(26)8-10-21(19)30-22/h4-10,12-14H,2-3,11H2,1H3,(H,27,29). The van der Waals surface area contributed by atoms with Crippen molar-refractivity contribution in [2.75, 3.05) is 6.54 Å². The predicted octanol–water partition coefficient (Wildman–Crippen LogP) is 7.16. The topological polar surface area (TPSA) is 41.5 Å². The van der Waals surface area contributed by atoms with Crippen LogP contribution in [0, 0.1) is 0 Å². The molecule has 1 amide bonds. The number of nitrogens with zero attached hydrogens (tertiary/aromatic N) is 1. The fourth-order valence-electron chi connectivity index (χ4n) is 3.24. The third-order valence-corrected chi connectivity index (χ3v) is 6.40. The summed E-state index contributed by atoms with van der Waals surface area (Å²) in [6, 6.07) is 19.1. The summed E-state index contributed by atoms with van der Waals surface area (Å²) in [5, 5.41) is 4.25. The molecule has 152 valence electrons. The molecule has 0 aromatic heterocycles. The van der Waals surface area contributed by atoms with Crippen molar-refractivity contribution >= 4 is 52.3 Å². The van der Waals surface area contributed by atoms with Crippen LogP contribution in [0.4, 0.5) is 5.69 Å². The monoisotopic (exact) mass is 454 g/mol. The molecule has 0 spiro atoms. The molecule has 3 nitrogen and oxygen atoms in total. The molecule has 3 aromatic rings. The minimum absolute atomic E-state index is 0.0828. The van der Waals surface area contributed by atoms with E-state index in [2.05, 4.69) is 12.2 Å². The Morgan fingerprint density at radius 2 is 1.80 bits per heavy atom. The summed E-state index contributed by atoms with van der Waals surface area (Å²) in [6.07, 6.45) is 1.99. The lowest BCUT2D eigenvalue weighted by Gasteiger charge is -2.10. The molecule has 1 N–H and O–H groups in total. The van der Waals surface area contributed by atoms with Crippen molar-refractivity contribution < 1.29 is 4.79 Å². The zero-order valence-electron chi connectivity index (χ0n) is 16.4. The lowest BCUT2D eigenvalue weighted by Crippen LogP contribution is -2.24. The van der Waals surface area contributed by atoms with Crippen LogP contribution in [0.5, 0.6) is 0 Å². The van der Waals surface area contributed by atoms with Crippen LogP contribution < -0.4 is 5.32 Å². The lowest BCUT2D eigenvalue weighted by molar-refractivity contribution is 0.0953. The van der Waals surface area contributed by atoms with E-state index in [0.29, 0.717) is 22.2 Å². The van der Waals surface area contributed by atoms with Gasteiger partial charge in [-0.3, -0.25) is 4.79 Å². The maximum atomic E-state index is 12.5. The van der Waals surface area contributed by atoms with Gasteiger partial charge in [0.1, 0.15) is 0 Å². The largest absolute Gasteiger partial charge is 0.352 e. The molecule has 0 fully saturated rings. The summed E-state index contributed by atoms with van der Waals surface area (Å²) >= 11 is 14.2. The van der Waals surface area contributed by atoms with Crippen LogP contribution in [0.1, 0.15) is 41.3 Å². The van der Waals surface area contributed by atoms with Gasteiger partial charge in [0.25, 0.3) is 5.91 Å². The van der Waals surface area contributed by atoms with Crippen LogP contribution in [0.3, 0.4) is 0 Å². The Balaban J connectivity index is 1.82. The predicted molar refractivity (Wildman–Crippen MR) is 126 cm³/mol. The van der Waals surface area contributed by atoms with E-state index in [9.17, 15) is 4.79 Å². The van der Waals surface area contributed by atoms with Crippen LogP contribution >= 0.6 is 35.0 Å². The van der Waals surface area contributed by atoms with Gasteiger partial charge in [-0.1, -0.05) is 60.4 Å².